The van der Waals surface area contributed by atoms with Gasteiger partial charge in [-0.15, -0.1) is 0 Å². The van der Waals surface area contributed by atoms with Crippen LogP contribution in [0, 0.1) is 0 Å². The standard InChI is InChI=1S/C24H19N3O/c1-25-21-17-26(19-13-7-3-8-14-19)23(18-11-5-2-6-12-18)22(21)24(28)27(25)20-15-9-4-10-16-20/h2-17H,1H3. The molecular weight excluding hydrogens is 346 g/mol. The molecule has 0 atom stereocenters. The van der Waals surface area contributed by atoms with Crippen molar-refractivity contribution in [2.75, 3.05) is 0 Å². The maximum Gasteiger partial charge on any atom is 0.281 e. The highest BCUT2D eigenvalue weighted by Crippen LogP contribution is 2.32. The van der Waals surface area contributed by atoms with Gasteiger partial charge in [0.1, 0.15) is 0 Å². The van der Waals surface area contributed by atoms with Gasteiger partial charge in [0.05, 0.1) is 22.3 Å². The number of hydrogen-bond acceptors (Lipinski definition) is 1. The molecule has 5 rings (SSSR count). The van der Waals surface area contributed by atoms with Crippen LogP contribution in [-0.2, 0) is 7.05 Å². The molecule has 2 heterocycles. The van der Waals surface area contributed by atoms with E-state index in [1.165, 1.54) is 0 Å². The molecule has 0 fully saturated rings. The van der Waals surface area contributed by atoms with Crippen molar-refractivity contribution >= 4 is 10.9 Å². The number of para-hydroxylation sites is 2. The van der Waals surface area contributed by atoms with Crippen LogP contribution in [0.5, 0.6) is 0 Å². The van der Waals surface area contributed by atoms with Crippen LogP contribution in [0.2, 0.25) is 0 Å². The zero-order valence-corrected chi connectivity index (χ0v) is 15.5. The summed E-state index contributed by atoms with van der Waals surface area (Å²) in [5, 5.41) is 0.724. The summed E-state index contributed by atoms with van der Waals surface area (Å²) in [6.07, 6.45) is 2.05. The summed E-state index contributed by atoms with van der Waals surface area (Å²) in [4.78, 5) is 13.5. The first-order valence-electron chi connectivity index (χ1n) is 9.25. The molecule has 0 spiro atoms. The van der Waals surface area contributed by atoms with E-state index in [0.29, 0.717) is 0 Å². The minimum atomic E-state index is -0.0164. The van der Waals surface area contributed by atoms with E-state index in [1.54, 1.807) is 4.68 Å². The van der Waals surface area contributed by atoms with Crippen molar-refractivity contribution in [2.24, 2.45) is 7.05 Å². The normalized spacial score (nSPS) is 11.2. The van der Waals surface area contributed by atoms with E-state index < -0.39 is 0 Å². The van der Waals surface area contributed by atoms with Gasteiger partial charge in [-0.3, -0.25) is 9.48 Å². The first kappa shape index (κ1) is 16.4. The van der Waals surface area contributed by atoms with Gasteiger partial charge in [0.15, 0.2) is 0 Å². The van der Waals surface area contributed by atoms with Gasteiger partial charge in [0.2, 0.25) is 0 Å². The lowest BCUT2D eigenvalue weighted by Crippen LogP contribution is -2.20. The number of benzene rings is 3. The average Bonchev–Trinajstić information content (AvgIpc) is 3.26. The molecule has 0 unspecified atom stereocenters. The largest absolute Gasteiger partial charge is 0.314 e. The van der Waals surface area contributed by atoms with Crippen LogP contribution >= 0.6 is 0 Å². The SMILES string of the molecule is Cn1c2cn(-c3ccccc3)c(-c3ccccc3)c2c(=O)n1-c1ccccc1. The Morgan fingerprint density at radius 1 is 0.679 bits per heavy atom. The van der Waals surface area contributed by atoms with Crippen molar-refractivity contribution in [3.63, 3.8) is 0 Å². The maximum absolute atomic E-state index is 13.5. The highest BCUT2D eigenvalue weighted by molar-refractivity contribution is 5.95. The van der Waals surface area contributed by atoms with Crippen molar-refractivity contribution in [1.29, 1.82) is 0 Å². The van der Waals surface area contributed by atoms with Crippen LogP contribution in [0.15, 0.2) is 102 Å². The Balaban J connectivity index is 1.89. The monoisotopic (exact) mass is 365 g/mol. The quantitative estimate of drug-likeness (QED) is 0.452. The third-order valence-corrected chi connectivity index (χ3v) is 5.12. The van der Waals surface area contributed by atoms with Gasteiger partial charge < -0.3 is 4.57 Å². The first-order valence-corrected chi connectivity index (χ1v) is 9.25. The van der Waals surface area contributed by atoms with Gasteiger partial charge in [-0.25, -0.2) is 4.68 Å². The van der Waals surface area contributed by atoms with Crippen molar-refractivity contribution < 1.29 is 0 Å². The lowest BCUT2D eigenvalue weighted by Gasteiger charge is -2.11. The van der Waals surface area contributed by atoms with Crippen molar-refractivity contribution in [1.82, 2.24) is 13.9 Å². The molecule has 0 aliphatic rings. The third kappa shape index (κ3) is 2.42. The van der Waals surface area contributed by atoms with Crippen LogP contribution < -0.4 is 5.56 Å². The lowest BCUT2D eigenvalue weighted by molar-refractivity contribution is 0.664. The fraction of sp³-hybridized carbons (Fsp3) is 0.0417. The third-order valence-electron chi connectivity index (χ3n) is 5.12. The molecule has 0 N–H and O–H groups in total. The predicted octanol–water partition coefficient (Wildman–Crippen LogP) is 4.79. The summed E-state index contributed by atoms with van der Waals surface area (Å²) >= 11 is 0. The van der Waals surface area contributed by atoms with Crippen LogP contribution in [0.3, 0.4) is 0 Å². The van der Waals surface area contributed by atoms with Crippen LogP contribution in [0.4, 0.5) is 0 Å². The minimum Gasteiger partial charge on any atom is -0.314 e. The molecule has 28 heavy (non-hydrogen) atoms. The highest BCUT2D eigenvalue weighted by atomic mass is 16.1. The number of nitrogens with zero attached hydrogens (tertiary/aromatic N) is 3. The average molecular weight is 365 g/mol. The van der Waals surface area contributed by atoms with Gasteiger partial charge in [0.25, 0.3) is 5.56 Å². The Labute approximate surface area is 162 Å². The van der Waals surface area contributed by atoms with Crippen molar-refractivity contribution in [3.05, 3.63) is 108 Å². The Morgan fingerprint density at radius 2 is 1.21 bits per heavy atom. The highest BCUT2D eigenvalue weighted by Gasteiger charge is 2.22. The van der Waals surface area contributed by atoms with Crippen LogP contribution in [-0.4, -0.2) is 13.9 Å². The van der Waals surface area contributed by atoms with E-state index in [1.807, 2.05) is 96.8 Å². The summed E-state index contributed by atoms with van der Waals surface area (Å²) in [6, 6.07) is 30.0. The molecule has 3 aromatic carbocycles. The summed E-state index contributed by atoms with van der Waals surface area (Å²) in [5.74, 6) is 0. The van der Waals surface area contributed by atoms with Crippen molar-refractivity contribution in [3.8, 4) is 22.6 Å². The van der Waals surface area contributed by atoms with E-state index >= 15 is 0 Å². The Morgan fingerprint density at radius 3 is 1.82 bits per heavy atom. The number of aromatic nitrogens is 3. The molecule has 0 bridgehead atoms. The summed E-state index contributed by atoms with van der Waals surface area (Å²) in [6.45, 7) is 0. The fourth-order valence-corrected chi connectivity index (χ4v) is 3.83. The second kappa shape index (κ2) is 6.43. The topological polar surface area (TPSA) is 31.9 Å². The second-order valence-corrected chi connectivity index (χ2v) is 6.79. The molecule has 5 aromatic rings. The Kier molecular flexibility index (Phi) is 3.76. The van der Waals surface area contributed by atoms with Gasteiger partial charge in [-0.2, -0.15) is 0 Å². The molecule has 4 heteroatoms. The zero-order valence-electron chi connectivity index (χ0n) is 15.5. The van der Waals surface area contributed by atoms with E-state index in [4.69, 9.17) is 0 Å². The molecular formula is C24H19N3O. The molecule has 4 nitrogen and oxygen atoms in total. The molecule has 0 aliphatic carbocycles. The summed E-state index contributed by atoms with van der Waals surface area (Å²) in [7, 11) is 1.93. The van der Waals surface area contributed by atoms with Crippen LogP contribution in [0.1, 0.15) is 0 Å². The summed E-state index contributed by atoms with van der Waals surface area (Å²) < 4.78 is 5.77. The van der Waals surface area contributed by atoms with Gasteiger partial charge in [-0.1, -0.05) is 66.7 Å². The summed E-state index contributed by atoms with van der Waals surface area (Å²) in [5.41, 5.74) is 4.70. The van der Waals surface area contributed by atoms with E-state index in [-0.39, 0.29) is 5.56 Å². The molecule has 0 saturated carbocycles. The van der Waals surface area contributed by atoms with E-state index in [9.17, 15) is 4.79 Å². The molecule has 0 amide bonds. The first-order chi connectivity index (χ1) is 13.8. The lowest BCUT2D eigenvalue weighted by atomic mass is 10.1. The second-order valence-electron chi connectivity index (χ2n) is 6.79. The van der Waals surface area contributed by atoms with Gasteiger partial charge in [0, 0.05) is 18.9 Å². The number of rotatable bonds is 3. The zero-order chi connectivity index (χ0) is 19.1. The van der Waals surface area contributed by atoms with Crippen LogP contribution in [0.25, 0.3) is 33.5 Å². The minimum absolute atomic E-state index is 0.0164. The molecule has 136 valence electrons. The number of hydrogen-bond donors (Lipinski definition) is 0. The van der Waals surface area contributed by atoms with E-state index in [0.717, 1.165) is 33.5 Å². The molecule has 2 aromatic heterocycles. The Hall–Kier alpha value is -3.79. The predicted molar refractivity (Wildman–Crippen MR) is 113 cm³/mol. The smallest absolute Gasteiger partial charge is 0.281 e. The van der Waals surface area contributed by atoms with Gasteiger partial charge >= 0.3 is 0 Å². The fourth-order valence-electron chi connectivity index (χ4n) is 3.83. The maximum atomic E-state index is 13.5. The molecule has 0 aliphatic heterocycles. The van der Waals surface area contributed by atoms with Gasteiger partial charge in [-0.05, 0) is 29.8 Å². The molecule has 0 radical (unpaired) electrons. The van der Waals surface area contributed by atoms with E-state index in [2.05, 4.69) is 16.7 Å². The van der Waals surface area contributed by atoms with Crippen molar-refractivity contribution in [2.45, 2.75) is 0 Å². The number of fused-ring (bicyclic) bond motifs is 1. The Bertz CT molecular complexity index is 1310. The molecule has 0 saturated heterocycles. The number of aryl methyl sites for hydroxylation is 1.